The lowest BCUT2D eigenvalue weighted by Crippen LogP contribution is -2.60. The highest BCUT2D eigenvalue weighted by Gasteiger charge is 2.33. The maximum atomic E-state index is 12.2. The number of carbonyl (C=O) groups is 2. The number of pyridine rings is 1. The lowest BCUT2D eigenvalue weighted by molar-refractivity contribution is -0.124. The Bertz CT molecular complexity index is 1100. The van der Waals surface area contributed by atoms with E-state index in [2.05, 4.69) is 22.4 Å². The summed E-state index contributed by atoms with van der Waals surface area (Å²) >= 11 is 1.08. The molecule has 1 aromatic heterocycles. The molecular formula is C22H22N6O3S. The second kappa shape index (κ2) is 10.1. The van der Waals surface area contributed by atoms with E-state index in [0.717, 1.165) is 11.8 Å². The van der Waals surface area contributed by atoms with E-state index in [9.17, 15) is 20.1 Å². The van der Waals surface area contributed by atoms with Crippen LogP contribution in [0, 0.1) is 22.7 Å². The van der Waals surface area contributed by atoms with Gasteiger partial charge in [0.1, 0.15) is 34.8 Å². The molecule has 1 aliphatic rings. The van der Waals surface area contributed by atoms with Crippen LogP contribution in [0.25, 0.3) is 0 Å². The van der Waals surface area contributed by atoms with Crippen molar-refractivity contribution in [3.05, 3.63) is 52.6 Å². The number of anilines is 1. The molecule has 2 amide bonds. The van der Waals surface area contributed by atoms with Gasteiger partial charge in [-0.05, 0) is 17.5 Å². The first kappa shape index (κ1) is 23.1. The van der Waals surface area contributed by atoms with E-state index in [1.54, 1.807) is 24.3 Å². The zero-order valence-corrected chi connectivity index (χ0v) is 18.2. The van der Waals surface area contributed by atoms with Crippen molar-refractivity contribution in [1.29, 1.82) is 10.5 Å². The molecule has 0 bridgehead atoms. The molecule has 1 aliphatic heterocycles. The number of nitriles is 2. The molecule has 164 valence electrons. The van der Waals surface area contributed by atoms with E-state index in [1.807, 2.05) is 17.9 Å². The summed E-state index contributed by atoms with van der Waals surface area (Å²) in [5.41, 5.74) is 7.46. The molecule has 10 heteroatoms. The third-order valence-electron chi connectivity index (χ3n) is 5.11. The van der Waals surface area contributed by atoms with Crippen LogP contribution in [0.3, 0.4) is 0 Å². The van der Waals surface area contributed by atoms with E-state index in [-0.39, 0.29) is 11.6 Å². The Morgan fingerprint density at radius 3 is 2.47 bits per heavy atom. The number of nitrogens with zero attached hydrogens (tertiary/aromatic N) is 4. The average molecular weight is 451 g/mol. The normalized spacial score (nSPS) is 14.1. The molecule has 4 N–H and O–H groups in total. The smallest absolute Gasteiger partial charge is 0.246 e. The molecule has 1 fully saturated rings. The van der Waals surface area contributed by atoms with E-state index in [0.29, 0.717) is 47.0 Å². The molecule has 1 saturated heterocycles. The van der Waals surface area contributed by atoms with Gasteiger partial charge in [-0.15, -0.1) is 0 Å². The minimum atomic E-state index is -0.755. The molecule has 0 radical (unpaired) electrons. The van der Waals surface area contributed by atoms with Gasteiger partial charge < -0.3 is 21.1 Å². The Kier molecular flexibility index (Phi) is 7.31. The number of aliphatic hydroxyl groups excluding tert-OH is 1. The van der Waals surface area contributed by atoms with Crippen LogP contribution in [-0.4, -0.2) is 47.6 Å². The van der Waals surface area contributed by atoms with E-state index in [1.165, 1.54) is 0 Å². The summed E-state index contributed by atoms with van der Waals surface area (Å²) in [7, 11) is 0. The van der Waals surface area contributed by atoms with Crippen LogP contribution in [-0.2, 0) is 16.0 Å². The van der Waals surface area contributed by atoms with Crippen molar-refractivity contribution in [1.82, 2.24) is 10.3 Å². The van der Waals surface area contributed by atoms with Crippen LogP contribution in [0.5, 0.6) is 0 Å². The molecule has 3 rings (SSSR count). The number of thioether (sulfide) groups is 1. The van der Waals surface area contributed by atoms with Gasteiger partial charge in [0.15, 0.2) is 0 Å². The molecule has 1 atom stereocenters. The van der Waals surface area contributed by atoms with Crippen LogP contribution in [0.15, 0.2) is 35.4 Å². The number of hydrogen-bond donors (Lipinski definition) is 3. The Morgan fingerprint density at radius 1 is 1.28 bits per heavy atom. The first-order valence-electron chi connectivity index (χ1n) is 9.96. The summed E-state index contributed by atoms with van der Waals surface area (Å²) in [6.07, 6.45) is 0.431. The van der Waals surface area contributed by atoms with Crippen LogP contribution in [0.2, 0.25) is 0 Å². The average Bonchev–Trinajstić information content (AvgIpc) is 2.78. The van der Waals surface area contributed by atoms with Crippen LogP contribution in [0.4, 0.5) is 5.82 Å². The predicted molar refractivity (Wildman–Crippen MR) is 119 cm³/mol. The maximum absolute atomic E-state index is 12.2. The Balaban J connectivity index is 2.00. The van der Waals surface area contributed by atoms with Gasteiger partial charge in [0.2, 0.25) is 11.8 Å². The number of primary amides is 1. The van der Waals surface area contributed by atoms with Gasteiger partial charge in [-0.3, -0.25) is 9.59 Å². The summed E-state index contributed by atoms with van der Waals surface area (Å²) in [4.78, 5) is 30.0. The molecule has 2 heterocycles. The van der Waals surface area contributed by atoms with Gasteiger partial charge in [-0.1, -0.05) is 49.0 Å². The summed E-state index contributed by atoms with van der Waals surface area (Å²) in [6.45, 7) is 2.07. The first-order chi connectivity index (χ1) is 15.4. The summed E-state index contributed by atoms with van der Waals surface area (Å²) in [5, 5.41) is 30.8. The van der Waals surface area contributed by atoms with E-state index in [4.69, 9.17) is 10.8 Å². The van der Waals surface area contributed by atoms with Crippen LogP contribution >= 0.6 is 11.8 Å². The second-order valence-corrected chi connectivity index (χ2v) is 8.28. The number of hydrogen-bond acceptors (Lipinski definition) is 8. The van der Waals surface area contributed by atoms with Crippen LogP contribution < -0.4 is 16.0 Å². The highest BCUT2D eigenvalue weighted by Crippen LogP contribution is 2.40. The number of benzene rings is 1. The molecule has 32 heavy (non-hydrogen) atoms. The fourth-order valence-electron chi connectivity index (χ4n) is 3.54. The number of rotatable bonds is 8. The zero-order valence-electron chi connectivity index (χ0n) is 17.4. The molecule has 1 aromatic carbocycles. The number of amides is 2. The molecule has 1 unspecified atom stereocenters. The third kappa shape index (κ3) is 4.67. The molecule has 0 saturated carbocycles. The highest BCUT2D eigenvalue weighted by atomic mass is 32.2. The van der Waals surface area contributed by atoms with Crippen molar-refractivity contribution in [2.75, 3.05) is 24.6 Å². The van der Waals surface area contributed by atoms with E-state index >= 15 is 0 Å². The van der Waals surface area contributed by atoms with Gasteiger partial charge in [0.05, 0.1) is 17.2 Å². The molecule has 0 aliphatic carbocycles. The van der Waals surface area contributed by atoms with Gasteiger partial charge in [0.25, 0.3) is 0 Å². The third-order valence-corrected chi connectivity index (χ3v) is 6.36. The molecule has 0 spiro atoms. The van der Waals surface area contributed by atoms with Crippen molar-refractivity contribution in [2.24, 2.45) is 5.73 Å². The lowest BCUT2D eigenvalue weighted by Gasteiger charge is -2.41. The predicted octanol–water partition coefficient (Wildman–Crippen LogP) is 1.00. The Hall–Kier alpha value is -3.60. The van der Waals surface area contributed by atoms with Crippen LogP contribution in [0.1, 0.15) is 34.4 Å². The van der Waals surface area contributed by atoms with Crippen molar-refractivity contribution in [3.63, 3.8) is 0 Å². The zero-order chi connectivity index (χ0) is 23.3. The van der Waals surface area contributed by atoms with E-state index < -0.39 is 23.7 Å². The lowest BCUT2D eigenvalue weighted by atomic mass is 10.00. The molecule has 2 aromatic rings. The van der Waals surface area contributed by atoms with Gasteiger partial charge >= 0.3 is 0 Å². The monoisotopic (exact) mass is 450 g/mol. The van der Waals surface area contributed by atoms with Gasteiger partial charge in [0, 0.05) is 13.1 Å². The second-order valence-electron chi connectivity index (χ2n) is 7.18. The number of nitrogens with one attached hydrogen (secondary N) is 1. The molecular weight excluding hydrogens is 428 g/mol. The van der Waals surface area contributed by atoms with Crippen molar-refractivity contribution in [3.8, 4) is 12.1 Å². The Morgan fingerprint density at radius 2 is 1.94 bits per heavy atom. The van der Waals surface area contributed by atoms with Crippen molar-refractivity contribution in [2.45, 2.75) is 29.7 Å². The largest absolute Gasteiger partial charge is 0.387 e. The summed E-state index contributed by atoms with van der Waals surface area (Å²) < 4.78 is 0. The van der Waals surface area contributed by atoms with Crippen molar-refractivity contribution < 1.29 is 14.7 Å². The summed E-state index contributed by atoms with van der Waals surface area (Å²) in [6, 6.07) is 13.1. The van der Waals surface area contributed by atoms with Gasteiger partial charge in [-0.2, -0.15) is 10.5 Å². The molecule has 9 nitrogen and oxygen atoms in total. The fourth-order valence-corrected chi connectivity index (χ4v) is 4.60. The first-order valence-corrected chi connectivity index (χ1v) is 10.8. The maximum Gasteiger partial charge on any atom is 0.246 e. The number of aliphatic hydroxyl groups is 1. The quantitative estimate of drug-likeness (QED) is 0.503. The number of nitrogens with two attached hydrogens (primary N) is 1. The van der Waals surface area contributed by atoms with Gasteiger partial charge in [-0.25, -0.2) is 4.98 Å². The Labute approximate surface area is 189 Å². The standard InChI is InChI=1S/C22H22N6O3S/c1-2-15-16(8-23)21(28-10-14(11-28)26-18(30)12-29)27-22(17(15)9-24)32-19(20(25)31)13-6-4-3-5-7-13/h3-7,14,19,29H,2,10-12H2,1H3,(H2,25,31)(H,26,30). The number of carbonyl (C=O) groups excluding carboxylic acids is 2. The summed E-state index contributed by atoms with van der Waals surface area (Å²) in [5.74, 6) is -0.635. The minimum Gasteiger partial charge on any atom is -0.387 e. The SMILES string of the molecule is CCc1c(C#N)c(SC(C(N)=O)c2ccccc2)nc(N2CC(NC(=O)CO)C2)c1C#N. The minimum absolute atomic E-state index is 0.178. The van der Waals surface area contributed by atoms with Crippen molar-refractivity contribution >= 4 is 29.4 Å². The fraction of sp³-hybridized carbons (Fsp3) is 0.318. The topological polar surface area (TPSA) is 156 Å². The number of aromatic nitrogens is 1. The highest BCUT2D eigenvalue weighted by molar-refractivity contribution is 8.00.